The van der Waals surface area contributed by atoms with Crippen LogP contribution in [0.15, 0.2) is 36.4 Å². The van der Waals surface area contributed by atoms with E-state index >= 15 is 0 Å². The molecule has 1 aliphatic heterocycles. The number of likely N-dealkylation sites (tertiary alicyclic amines) is 1. The summed E-state index contributed by atoms with van der Waals surface area (Å²) in [6, 6.07) is 12.5. The first-order valence-corrected chi connectivity index (χ1v) is 6.72. The van der Waals surface area contributed by atoms with Gasteiger partial charge in [0.15, 0.2) is 0 Å². The first kappa shape index (κ1) is 11.5. The highest BCUT2D eigenvalue weighted by Gasteiger charge is 2.22. The molecule has 0 radical (unpaired) electrons. The summed E-state index contributed by atoms with van der Waals surface area (Å²) in [7, 11) is 0. The van der Waals surface area contributed by atoms with E-state index < -0.39 is 0 Å². The zero-order chi connectivity index (χ0) is 12.5. The van der Waals surface area contributed by atoms with Crippen molar-refractivity contribution in [1.29, 1.82) is 0 Å². The molecule has 2 aromatic rings. The van der Waals surface area contributed by atoms with Crippen molar-refractivity contribution in [3.63, 3.8) is 0 Å². The van der Waals surface area contributed by atoms with Crippen molar-refractivity contribution >= 4 is 10.8 Å². The van der Waals surface area contributed by atoms with E-state index in [1.807, 2.05) is 24.3 Å². The summed E-state index contributed by atoms with van der Waals surface area (Å²) < 4.78 is 0. The molecule has 3 rings (SSSR count). The summed E-state index contributed by atoms with van der Waals surface area (Å²) in [6.07, 6.45) is 2.55. The minimum atomic E-state index is 0.303. The minimum absolute atomic E-state index is 0.303. The Bertz CT molecular complexity index is 558. The van der Waals surface area contributed by atoms with Gasteiger partial charge in [0.05, 0.1) is 0 Å². The Morgan fingerprint density at radius 3 is 2.56 bits per heavy atom. The molecule has 0 saturated carbocycles. The lowest BCUT2D eigenvalue weighted by molar-refractivity contribution is 0.258. The van der Waals surface area contributed by atoms with Crippen molar-refractivity contribution in [2.24, 2.45) is 0 Å². The smallest absolute Gasteiger partial charge is 0.128 e. The number of fused-ring (bicyclic) bond motifs is 1. The zero-order valence-electron chi connectivity index (χ0n) is 10.8. The van der Waals surface area contributed by atoms with E-state index in [2.05, 4.69) is 24.0 Å². The highest BCUT2D eigenvalue weighted by molar-refractivity contribution is 5.89. The van der Waals surface area contributed by atoms with Crippen LogP contribution in [-0.4, -0.2) is 23.1 Å². The SMILES string of the molecule is CC(c1ccc2ccccc2c1O)N1CCCC1. The van der Waals surface area contributed by atoms with E-state index in [-0.39, 0.29) is 0 Å². The largest absolute Gasteiger partial charge is 0.507 e. The van der Waals surface area contributed by atoms with E-state index in [9.17, 15) is 5.11 Å². The third-order valence-corrected chi connectivity index (χ3v) is 4.07. The van der Waals surface area contributed by atoms with Gasteiger partial charge in [0.25, 0.3) is 0 Å². The number of hydrogen-bond acceptors (Lipinski definition) is 2. The number of hydrogen-bond donors (Lipinski definition) is 1. The molecule has 1 heterocycles. The van der Waals surface area contributed by atoms with Crippen molar-refractivity contribution in [2.75, 3.05) is 13.1 Å². The predicted octanol–water partition coefficient (Wildman–Crippen LogP) is 3.70. The molecule has 0 bridgehead atoms. The standard InChI is InChI=1S/C16H19NO/c1-12(17-10-4-5-11-17)14-9-8-13-6-2-3-7-15(13)16(14)18/h2-3,6-9,12,18H,4-5,10-11H2,1H3. The molecule has 2 aromatic carbocycles. The number of rotatable bonds is 2. The van der Waals surface area contributed by atoms with Crippen LogP contribution in [0.5, 0.6) is 5.75 Å². The van der Waals surface area contributed by atoms with Crippen molar-refractivity contribution in [2.45, 2.75) is 25.8 Å². The molecule has 1 aliphatic rings. The Kier molecular flexibility index (Phi) is 2.96. The van der Waals surface area contributed by atoms with E-state index in [0.29, 0.717) is 11.8 Å². The summed E-state index contributed by atoms with van der Waals surface area (Å²) in [5, 5.41) is 12.5. The number of nitrogens with zero attached hydrogens (tertiary/aromatic N) is 1. The van der Waals surface area contributed by atoms with Gasteiger partial charge in [0, 0.05) is 17.0 Å². The van der Waals surface area contributed by atoms with E-state index in [4.69, 9.17) is 0 Å². The Morgan fingerprint density at radius 2 is 1.78 bits per heavy atom. The fourth-order valence-electron chi connectivity index (χ4n) is 2.93. The monoisotopic (exact) mass is 241 g/mol. The van der Waals surface area contributed by atoms with Gasteiger partial charge < -0.3 is 5.11 Å². The molecule has 2 heteroatoms. The average Bonchev–Trinajstić information content (AvgIpc) is 2.93. The summed E-state index contributed by atoms with van der Waals surface area (Å²) in [6.45, 7) is 4.48. The van der Waals surface area contributed by atoms with Crippen LogP contribution < -0.4 is 0 Å². The van der Waals surface area contributed by atoms with Crippen LogP contribution in [0.25, 0.3) is 10.8 Å². The van der Waals surface area contributed by atoms with Crippen LogP contribution in [0.3, 0.4) is 0 Å². The Hall–Kier alpha value is -1.54. The predicted molar refractivity (Wildman–Crippen MR) is 74.8 cm³/mol. The first-order valence-electron chi connectivity index (χ1n) is 6.72. The third-order valence-electron chi connectivity index (χ3n) is 4.07. The topological polar surface area (TPSA) is 23.5 Å². The number of benzene rings is 2. The van der Waals surface area contributed by atoms with Crippen LogP contribution in [0.4, 0.5) is 0 Å². The highest BCUT2D eigenvalue weighted by atomic mass is 16.3. The van der Waals surface area contributed by atoms with Crippen LogP contribution in [0.1, 0.15) is 31.4 Å². The Labute approximate surface area is 108 Å². The molecular weight excluding hydrogens is 222 g/mol. The van der Waals surface area contributed by atoms with Crippen LogP contribution in [-0.2, 0) is 0 Å². The van der Waals surface area contributed by atoms with Crippen molar-refractivity contribution in [3.05, 3.63) is 42.0 Å². The van der Waals surface area contributed by atoms with Crippen LogP contribution in [0, 0.1) is 0 Å². The van der Waals surface area contributed by atoms with Crippen molar-refractivity contribution in [1.82, 2.24) is 4.90 Å². The average molecular weight is 241 g/mol. The number of phenolic OH excluding ortho intramolecular Hbond substituents is 1. The zero-order valence-corrected chi connectivity index (χ0v) is 10.8. The van der Waals surface area contributed by atoms with Crippen molar-refractivity contribution in [3.8, 4) is 5.75 Å². The molecule has 18 heavy (non-hydrogen) atoms. The van der Waals surface area contributed by atoms with Gasteiger partial charge in [-0.05, 0) is 38.2 Å². The maximum Gasteiger partial charge on any atom is 0.128 e. The molecule has 2 nitrogen and oxygen atoms in total. The van der Waals surface area contributed by atoms with Gasteiger partial charge in [-0.2, -0.15) is 0 Å². The highest BCUT2D eigenvalue weighted by Crippen LogP contribution is 2.35. The van der Waals surface area contributed by atoms with Gasteiger partial charge in [-0.1, -0.05) is 36.4 Å². The van der Waals surface area contributed by atoms with E-state index in [1.165, 1.54) is 12.8 Å². The fraction of sp³-hybridized carbons (Fsp3) is 0.375. The molecule has 1 saturated heterocycles. The maximum absolute atomic E-state index is 10.5. The van der Waals surface area contributed by atoms with Crippen molar-refractivity contribution < 1.29 is 5.11 Å². The number of phenols is 1. The first-order chi connectivity index (χ1) is 8.77. The van der Waals surface area contributed by atoms with Gasteiger partial charge in [-0.25, -0.2) is 0 Å². The lowest BCUT2D eigenvalue weighted by atomic mass is 10.0. The van der Waals surface area contributed by atoms with Crippen LogP contribution in [0.2, 0.25) is 0 Å². The molecule has 1 unspecified atom stereocenters. The second kappa shape index (κ2) is 4.62. The molecule has 0 aromatic heterocycles. The Morgan fingerprint density at radius 1 is 1.06 bits per heavy atom. The summed E-state index contributed by atoms with van der Waals surface area (Å²) in [4.78, 5) is 2.45. The molecule has 0 amide bonds. The molecule has 94 valence electrons. The maximum atomic E-state index is 10.5. The van der Waals surface area contributed by atoms with E-state index in [0.717, 1.165) is 29.4 Å². The second-order valence-electron chi connectivity index (χ2n) is 5.14. The Balaban J connectivity index is 2.03. The summed E-state index contributed by atoms with van der Waals surface area (Å²) >= 11 is 0. The summed E-state index contributed by atoms with van der Waals surface area (Å²) in [5.41, 5.74) is 1.05. The second-order valence-corrected chi connectivity index (χ2v) is 5.14. The molecule has 1 atom stereocenters. The quantitative estimate of drug-likeness (QED) is 0.866. The molecule has 1 fully saturated rings. The van der Waals surface area contributed by atoms with Crippen LogP contribution >= 0.6 is 0 Å². The lowest BCUT2D eigenvalue weighted by Gasteiger charge is -2.25. The molecule has 0 aliphatic carbocycles. The summed E-state index contributed by atoms with van der Waals surface area (Å²) in [5.74, 6) is 0.451. The van der Waals surface area contributed by atoms with Gasteiger partial charge in [-0.3, -0.25) is 4.90 Å². The van der Waals surface area contributed by atoms with Gasteiger partial charge in [0.1, 0.15) is 5.75 Å². The minimum Gasteiger partial charge on any atom is -0.507 e. The van der Waals surface area contributed by atoms with Gasteiger partial charge >= 0.3 is 0 Å². The van der Waals surface area contributed by atoms with E-state index in [1.54, 1.807) is 0 Å². The van der Waals surface area contributed by atoms with Gasteiger partial charge in [-0.15, -0.1) is 0 Å². The molecular formula is C16H19NO. The van der Waals surface area contributed by atoms with Gasteiger partial charge in [0.2, 0.25) is 0 Å². The molecule has 0 spiro atoms. The number of aromatic hydroxyl groups is 1. The third kappa shape index (κ3) is 1.87. The lowest BCUT2D eigenvalue weighted by Crippen LogP contribution is -2.23. The molecule has 1 N–H and O–H groups in total. The fourth-order valence-corrected chi connectivity index (χ4v) is 2.93. The normalized spacial score (nSPS) is 18.3.